The molecule has 0 unspecified atom stereocenters. The van der Waals surface area contributed by atoms with Crippen molar-refractivity contribution >= 4 is 16.3 Å². The van der Waals surface area contributed by atoms with Crippen LogP contribution in [0, 0.1) is 5.82 Å². The zero-order chi connectivity index (χ0) is 15.8. The van der Waals surface area contributed by atoms with E-state index in [0.29, 0.717) is 15.8 Å². The maximum atomic E-state index is 13.4. The Labute approximate surface area is 135 Å². The third-order valence-electron chi connectivity index (χ3n) is 3.41. The Morgan fingerprint density at radius 3 is 2.61 bits per heavy atom. The summed E-state index contributed by atoms with van der Waals surface area (Å²) in [5, 5.41) is 13.5. The van der Waals surface area contributed by atoms with Gasteiger partial charge in [0.05, 0.1) is 7.11 Å². The van der Waals surface area contributed by atoms with Gasteiger partial charge in [-0.05, 0) is 36.4 Å². The molecular formula is C16H11FN4OS. The van der Waals surface area contributed by atoms with Gasteiger partial charge in [0.1, 0.15) is 16.6 Å². The van der Waals surface area contributed by atoms with Crippen molar-refractivity contribution in [3.8, 4) is 27.7 Å². The molecule has 0 aliphatic rings. The molecule has 5 nitrogen and oxygen atoms in total. The van der Waals surface area contributed by atoms with E-state index in [1.807, 2.05) is 30.3 Å². The standard InChI is InChI=1S/C16H11FN4OS/c1-22-13-7-5-10(6-8-13)14-18-19-16-21(14)20-15(23-16)11-3-2-4-12(17)9-11/h2-9H,1H3. The van der Waals surface area contributed by atoms with Crippen molar-refractivity contribution < 1.29 is 9.13 Å². The minimum atomic E-state index is -0.288. The van der Waals surface area contributed by atoms with Crippen molar-refractivity contribution in [2.45, 2.75) is 0 Å². The van der Waals surface area contributed by atoms with Gasteiger partial charge in [0.15, 0.2) is 5.82 Å². The van der Waals surface area contributed by atoms with Crippen molar-refractivity contribution in [2.75, 3.05) is 7.11 Å². The Morgan fingerprint density at radius 2 is 1.87 bits per heavy atom. The lowest BCUT2D eigenvalue weighted by Crippen LogP contribution is -1.91. The normalized spacial score (nSPS) is 11.0. The molecule has 2 aromatic carbocycles. The number of fused-ring (bicyclic) bond motifs is 1. The highest BCUT2D eigenvalue weighted by atomic mass is 32.1. The lowest BCUT2D eigenvalue weighted by atomic mass is 10.2. The summed E-state index contributed by atoms with van der Waals surface area (Å²) in [7, 11) is 1.62. The minimum absolute atomic E-state index is 0.288. The van der Waals surface area contributed by atoms with E-state index in [0.717, 1.165) is 16.9 Å². The van der Waals surface area contributed by atoms with Gasteiger partial charge in [0.2, 0.25) is 4.96 Å². The fourth-order valence-electron chi connectivity index (χ4n) is 2.28. The number of hydrogen-bond donors (Lipinski definition) is 0. The van der Waals surface area contributed by atoms with Gasteiger partial charge in [-0.15, -0.1) is 10.2 Å². The first kappa shape index (κ1) is 13.8. The number of aromatic nitrogens is 4. The van der Waals surface area contributed by atoms with Crippen molar-refractivity contribution in [2.24, 2.45) is 0 Å². The zero-order valence-electron chi connectivity index (χ0n) is 12.1. The molecule has 0 aliphatic carbocycles. The predicted octanol–water partition coefficient (Wildman–Crippen LogP) is 3.67. The molecule has 4 aromatic rings. The molecule has 0 aliphatic heterocycles. The molecule has 4 rings (SSSR count). The van der Waals surface area contributed by atoms with E-state index < -0.39 is 0 Å². The lowest BCUT2D eigenvalue weighted by molar-refractivity contribution is 0.415. The van der Waals surface area contributed by atoms with E-state index >= 15 is 0 Å². The molecule has 114 valence electrons. The van der Waals surface area contributed by atoms with Crippen LogP contribution in [0.15, 0.2) is 48.5 Å². The molecular weight excluding hydrogens is 315 g/mol. The first-order chi connectivity index (χ1) is 11.2. The van der Waals surface area contributed by atoms with E-state index in [9.17, 15) is 4.39 Å². The molecule has 23 heavy (non-hydrogen) atoms. The van der Waals surface area contributed by atoms with E-state index in [4.69, 9.17) is 4.74 Å². The summed E-state index contributed by atoms with van der Waals surface area (Å²) in [4.78, 5) is 0.662. The molecule has 7 heteroatoms. The van der Waals surface area contributed by atoms with Crippen LogP contribution in [0.3, 0.4) is 0 Å². The number of hydrogen-bond acceptors (Lipinski definition) is 5. The van der Waals surface area contributed by atoms with E-state index in [-0.39, 0.29) is 5.82 Å². The second-order valence-corrected chi connectivity index (χ2v) is 5.82. The van der Waals surface area contributed by atoms with Gasteiger partial charge in [-0.1, -0.05) is 23.5 Å². The largest absolute Gasteiger partial charge is 0.497 e. The Morgan fingerprint density at radius 1 is 1.04 bits per heavy atom. The maximum Gasteiger partial charge on any atom is 0.235 e. The van der Waals surface area contributed by atoms with Crippen molar-refractivity contribution in [1.29, 1.82) is 0 Å². The highest BCUT2D eigenvalue weighted by Gasteiger charge is 2.14. The topological polar surface area (TPSA) is 52.3 Å². The fraction of sp³-hybridized carbons (Fsp3) is 0.0625. The van der Waals surface area contributed by atoms with Gasteiger partial charge in [0, 0.05) is 11.1 Å². The van der Waals surface area contributed by atoms with Crippen LogP contribution in [0.2, 0.25) is 0 Å². The van der Waals surface area contributed by atoms with Crippen LogP contribution in [-0.2, 0) is 0 Å². The molecule has 0 amide bonds. The molecule has 2 aromatic heterocycles. The van der Waals surface area contributed by atoms with E-state index in [1.165, 1.54) is 23.5 Å². The summed E-state index contributed by atoms with van der Waals surface area (Å²) in [5.41, 5.74) is 1.61. The minimum Gasteiger partial charge on any atom is -0.497 e. The summed E-state index contributed by atoms with van der Waals surface area (Å²) in [6, 6.07) is 13.9. The van der Waals surface area contributed by atoms with Crippen LogP contribution < -0.4 is 4.74 Å². The zero-order valence-corrected chi connectivity index (χ0v) is 12.9. The molecule has 0 radical (unpaired) electrons. The summed E-state index contributed by atoms with van der Waals surface area (Å²) >= 11 is 1.37. The third-order valence-corrected chi connectivity index (χ3v) is 4.36. The van der Waals surface area contributed by atoms with E-state index in [1.54, 1.807) is 17.7 Å². The van der Waals surface area contributed by atoms with Crippen LogP contribution in [0.1, 0.15) is 0 Å². The molecule has 0 saturated heterocycles. The molecule has 0 saturated carbocycles. The SMILES string of the molecule is COc1ccc(-c2nnc3sc(-c4cccc(F)c4)nn23)cc1. The Balaban J connectivity index is 1.80. The van der Waals surface area contributed by atoms with Crippen molar-refractivity contribution in [3.05, 3.63) is 54.3 Å². The second kappa shape index (κ2) is 5.44. The number of nitrogens with zero attached hydrogens (tertiary/aromatic N) is 4. The number of ether oxygens (including phenoxy) is 1. The number of halogens is 1. The summed E-state index contributed by atoms with van der Waals surface area (Å²) < 4.78 is 20.2. The van der Waals surface area contributed by atoms with Crippen LogP contribution in [-0.4, -0.2) is 26.9 Å². The predicted molar refractivity (Wildman–Crippen MR) is 86.0 cm³/mol. The van der Waals surface area contributed by atoms with Crippen LogP contribution in [0.25, 0.3) is 26.9 Å². The third kappa shape index (κ3) is 2.44. The first-order valence-electron chi connectivity index (χ1n) is 6.87. The van der Waals surface area contributed by atoms with Gasteiger partial charge < -0.3 is 4.74 Å². The van der Waals surface area contributed by atoms with Gasteiger partial charge in [-0.25, -0.2) is 4.39 Å². The smallest absolute Gasteiger partial charge is 0.235 e. The van der Waals surface area contributed by atoms with Crippen molar-refractivity contribution in [1.82, 2.24) is 19.8 Å². The monoisotopic (exact) mass is 326 g/mol. The molecule has 0 fully saturated rings. The number of methoxy groups -OCH3 is 1. The van der Waals surface area contributed by atoms with Gasteiger partial charge in [-0.3, -0.25) is 0 Å². The van der Waals surface area contributed by atoms with Gasteiger partial charge >= 0.3 is 0 Å². The first-order valence-corrected chi connectivity index (χ1v) is 7.69. The van der Waals surface area contributed by atoms with Gasteiger partial charge in [-0.2, -0.15) is 9.61 Å². The summed E-state index contributed by atoms with van der Waals surface area (Å²) in [5.74, 6) is 1.12. The highest BCUT2D eigenvalue weighted by molar-refractivity contribution is 7.19. The Bertz CT molecular complexity index is 977. The quantitative estimate of drug-likeness (QED) is 0.576. The number of rotatable bonds is 3. The molecule has 0 bridgehead atoms. The second-order valence-electron chi connectivity index (χ2n) is 4.86. The Kier molecular flexibility index (Phi) is 3.27. The van der Waals surface area contributed by atoms with Crippen LogP contribution in [0.4, 0.5) is 4.39 Å². The number of benzene rings is 2. The average molecular weight is 326 g/mol. The summed E-state index contributed by atoms with van der Waals surface area (Å²) in [6.07, 6.45) is 0. The maximum absolute atomic E-state index is 13.4. The fourth-order valence-corrected chi connectivity index (χ4v) is 3.11. The molecule has 0 atom stereocenters. The van der Waals surface area contributed by atoms with Crippen molar-refractivity contribution in [3.63, 3.8) is 0 Å². The molecule has 0 spiro atoms. The lowest BCUT2D eigenvalue weighted by Gasteiger charge is -2.00. The molecule has 2 heterocycles. The van der Waals surface area contributed by atoms with E-state index in [2.05, 4.69) is 15.3 Å². The highest BCUT2D eigenvalue weighted by Crippen LogP contribution is 2.28. The molecule has 0 N–H and O–H groups in total. The average Bonchev–Trinajstić information content (AvgIpc) is 3.15. The van der Waals surface area contributed by atoms with Gasteiger partial charge in [0.25, 0.3) is 0 Å². The Hall–Kier alpha value is -2.80. The van der Waals surface area contributed by atoms with Crippen LogP contribution >= 0.6 is 11.3 Å². The van der Waals surface area contributed by atoms with Crippen LogP contribution in [0.5, 0.6) is 5.75 Å². The summed E-state index contributed by atoms with van der Waals surface area (Å²) in [6.45, 7) is 0.